The van der Waals surface area contributed by atoms with Crippen LogP contribution in [0.1, 0.15) is 75.6 Å². The highest BCUT2D eigenvalue weighted by molar-refractivity contribution is 8.00. The monoisotopic (exact) mass is 880 g/mol. The normalized spacial score (nSPS) is 25.9. The Morgan fingerprint density at radius 2 is 1.88 bits per heavy atom. The lowest BCUT2D eigenvalue weighted by molar-refractivity contribution is -0.388. The molecule has 0 unspecified atom stereocenters. The highest BCUT2D eigenvalue weighted by Gasteiger charge is 2.49. The third-order valence-electron chi connectivity index (χ3n) is 13.4. The second-order valence-corrected chi connectivity index (χ2v) is 20.8. The molecular weight excluding hydrogens is 832 g/mol. The van der Waals surface area contributed by atoms with Crippen molar-refractivity contribution in [3.63, 3.8) is 0 Å². The minimum absolute atomic E-state index is 0.0638. The van der Waals surface area contributed by atoms with Gasteiger partial charge >= 0.3 is 0 Å². The molecule has 4 aromatic rings. The number of thioether (sulfide) groups is 1. The van der Waals surface area contributed by atoms with Crippen LogP contribution in [0.3, 0.4) is 0 Å². The number of halogens is 1. The summed E-state index contributed by atoms with van der Waals surface area (Å²) in [5.41, 5.74) is 0.460. The molecule has 9 rings (SSSR count). The number of morpholine rings is 1. The van der Waals surface area contributed by atoms with E-state index in [2.05, 4.69) is 31.4 Å². The fraction of sp³-hybridized carbons (Fsp3) is 0.524. The molecule has 2 aromatic carbocycles. The van der Waals surface area contributed by atoms with Gasteiger partial charge in [-0.25, -0.2) is 18.1 Å². The second kappa shape index (κ2) is 16.0. The van der Waals surface area contributed by atoms with Crippen molar-refractivity contribution in [2.45, 2.75) is 97.9 Å². The maximum absolute atomic E-state index is 14.0. The number of pyridine rings is 1. The summed E-state index contributed by atoms with van der Waals surface area (Å²) in [6, 6.07) is 9.95. The number of nitrogens with zero attached hydrogens (tertiary/aromatic N) is 4. The number of nitro groups is 1. The van der Waals surface area contributed by atoms with Gasteiger partial charge in [-0.1, -0.05) is 11.6 Å². The summed E-state index contributed by atoms with van der Waals surface area (Å²) in [5, 5.41) is 23.7. The number of carbonyl (C=O) groups excluding carboxylic acids is 1. The molecular formula is C42H49ClN6O9S2. The van der Waals surface area contributed by atoms with E-state index in [1.807, 2.05) is 6.92 Å². The van der Waals surface area contributed by atoms with Gasteiger partial charge < -0.3 is 29.2 Å². The molecule has 3 aliphatic heterocycles. The van der Waals surface area contributed by atoms with Crippen molar-refractivity contribution >= 4 is 61.7 Å². The highest BCUT2D eigenvalue weighted by Crippen LogP contribution is 2.52. The largest absolute Gasteiger partial charge is 0.491 e. The van der Waals surface area contributed by atoms with E-state index < -0.39 is 37.0 Å². The standard InChI is InChI=1S/C42H49ClN6O9S2/c1-25-23-56-14-13-48(25)28-19-42(20-28)9-11-47(12-10-42)27-3-4-31(35(15-27)58-29-16-32-33(43)22-45-39(32)44-21-29)40(50)46-60(54,55)30-17-34(49(52)53)38-36(18-30)57-24-37(59-38)26-5-7-41(2,51)8-6-26/h3-4,15-18,21-22,25-26,28,37,51H,5-14,19-20,23-24H2,1-2H3,(H,44,45)(H,46,50)/t25-,26?,37+,41?/m0/s1. The number of aliphatic hydroxyl groups is 1. The minimum atomic E-state index is -4.65. The molecule has 18 heteroatoms. The second-order valence-electron chi connectivity index (χ2n) is 17.5. The number of ether oxygens (including phenoxy) is 3. The van der Waals surface area contributed by atoms with Gasteiger partial charge in [0.15, 0.2) is 0 Å². The van der Waals surface area contributed by atoms with Crippen molar-refractivity contribution in [2.24, 2.45) is 11.3 Å². The first-order valence-electron chi connectivity index (χ1n) is 20.6. The van der Waals surface area contributed by atoms with Crippen molar-refractivity contribution < 1.29 is 37.5 Å². The smallest absolute Gasteiger partial charge is 0.288 e. The van der Waals surface area contributed by atoms with E-state index in [0.717, 1.165) is 70.3 Å². The van der Waals surface area contributed by atoms with Crippen LogP contribution in [0.4, 0.5) is 11.4 Å². The third-order valence-corrected chi connectivity index (χ3v) is 16.4. The number of piperidine rings is 1. The number of sulfonamides is 1. The Labute approximate surface area is 357 Å². The van der Waals surface area contributed by atoms with E-state index in [-0.39, 0.29) is 45.5 Å². The van der Waals surface area contributed by atoms with Gasteiger partial charge in [0.2, 0.25) is 0 Å². The first kappa shape index (κ1) is 41.2. The number of H-pyrrole nitrogens is 1. The van der Waals surface area contributed by atoms with Crippen LogP contribution in [0, 0.1) is 21.4 Å². The Hall–Kier alpha value is -4.13. The van der Waals surface area contributed by atoms with Crippen molar-refractivity contribution in [1.82, 2.24) is 19.6 Å². The van der Waals surface area contributed by atoms with Crippen molar-refractivity contribution in [3.05, 3.63) is 69.5 Å². The number of hydrogen-bond donors (Lipinski definition) is 3. The number of aromatic amines is 1. The van der Waals surface area contributed by atoms with Crippen LogP contribution >= 0.6 is 23.4 Å². The quantitative estimate of drug-likeness (QED) is 0.112. The SMILES string of the molecule is C[C@H]1COCCN1C1CC2(CCN(c3ccc(C(=O)NS(=O)(=O)c4cc5c(c([N+](=O)[O-])c4)S[C@@H](C4CCC(C)(O)CC4)CO5)c(Oc4cnc5[nH]cc(Cl)c5c4)c3)CC2)C1. The number of aromatic nitrogens is 2. The predicted octanol–water partition coefficient (Wildman–Crippen LogP) is 7.30. The van der Waals surface area contributed by atoms with Crippen LogP contribution < -0.4 is 19.1 Å². The van der Waals surface area contributed by atoms with Crippen LogP contribution in [0.15, 0.2) is 58.6 Å². The van der Waals surface area contributed by atoms with E-state index in [1.165, 1.54) is 42.9 Å². The molecule has 60 heavy (non-hydrogen) atoms. The van der Waals surface area contributed by atoms with Gasteiger partial charge in [0.05, 0.1) is 45.4 Å². The molecule has 0 radical (unpaired) electrons. The number of amides is 1. The third kappa shape index (κ3) is 8.16. The first-order valence-corrected chi connectivity index (χ1v) is 23.3. The van der Waals surface area contributed by atoms with E-state index >= 15 is 0 Å². The Morgan fingerprint density at radius 1 is 1.12 bits per heavy atom. The molecule has 2 aromatic heterocycles. The summed E-state index contributed by atoms with van der Waals surface area (Å²) < 4.78 is 47.9. The molecule has 2 atom stereocenters. The summed E-state index contributed by atoms with van der Waals surface area (Å²) in [4.78, 5) is 37.7. The van der Waals surface area contributed by atoms with Gasteiger partial charge in [-0.15, -0.1) is 11.8 Å². The molecule has 4 fully saturated rings. The topological polar surface area (TPSA) is 189 Å². The van der Waals surface area contributed by atoms with Crippen LogP contribution in [-0.2, 0) is 14.8 Å². The zero-order valence-electron chi connectivity index (χ0n) is 33.5. The van der Waals surface area contributed by atoms with E-state index in [0.29, 0.717) is 46.4 Å². The molecule has 5 heterocycles. The van der Waals surface area contributed by atoms with E-state index in [9.17, 15) is 28.4 Å². The lowest BCUT2D eigenvalue weighted by Crippen LogP contribution is -2.59. The maximum atomic E-state index is 14.0. The Bertz CT molecular complexity index is 2420. The number of anilines is 1. The molecule has 5 aliphatic rings. The van der Waals surface area contributed by atoms with Gasteiger partial charge in [0.25, 0.3) is 21.6 Å². The van der Waals surface area contributed by atoms with Gasteiger partial charge in [-0.3, -0.25) is 19.8 Å². The molecule has 320 valence electrons. The number of fused-ring (bicyclic) bond motifs is 2. The summed E-state index contributed by atoms with van der Waals surface area (Å²) >= 11 is 7.68. The summed E-state index contributed by atoms with van der Waals surface area (Å²) in [5.74, 6) is -0.352. The van der Waals surface area contributed by atoms with E-state index in [4.69, 9.17) is 25.8 Å². The predicted molar refractivity (Wildman–Crippen MR) is 227 cm³/mol. The van der Waals surface area contributed by atoms with Crippen LogP contribution in [-0.4, -0.2) is 102 Å². The molecule has 1 amide bonds. The van der Waals surface area contributed by atoms with Gasteiger partial charge in [0.1, 0.15) is 34.4 Å². The maximum Gasteiger partial charge on any atom is 0.288 e. The Balaban J connectivity index is 0.946. The molecule has 15 nitrogen and oxygen atoms in total. The summed E-state index contributed by atoms with van der Waals surface area (Å²) in [7, 11) is -4.65. The Morgan fingerprint density at radius 3 is 2.62 bits per heavy atom. The molecule has 0 bridgehead atoms. The van der Waals surface area contributed by atoms with Crippen LogP contribution in [0.2, 0.25) is 5.02 Å². The first-order chi connectivity index (χ1) is 28.7. The highest BCUT2D eigenvalue weighted by atomic mass is 35.5. The molecule has 2 saturated carbocycles. The van der Waals surface area contributed by atoms with Crippen LogP contribution in [0.25, 0.3) is 11.0 Å². The number of hydrogen-bond acceptors (Lipinski definition) is 13. The number of nitro benzene ring substituents is 1. The molecule has 3 N–H and O–H groups in total. The molecule has 2 aliphatic carbocycles. The molecule has 1 spiro atoms. The lowest BCUT2D eigenvalue weighted by Gasteiger charge is -2.57. The summed E-state index contributed by atoms with van der Waals surface area (Å²) in [6.07, 6.45) is 10.3. The number of carbonyl (C=O) groups is 1. The van der Waals surface area contributed by atoms with Gasteiger partial charge in [-0.05, 0) is 94.7 Å². The summed E-state index contributed by atoms with van der Waals surface area (Å²) in [6.45, 7) is 8.46. The number of benzene rings is 2. The number of rotatable bonds is 9. The minimum Gasteiger partial charge on any atom is -0.491 e. The van der Waals surface area contributed by atoms with Crippen LogP contribution in [0.5, 0.6) is 17.2 Å². The lowest BCUT2D eigenvalue weighted by atomic mass is 9.59. The van der Waals surface area contributed by atoms with Crippen molar-refractivity contribution in [3.8, 4) is 17.2 Å². The van der Waals surface area contributed by atoms with E-state index in [1.54, 1.807) is 24.4 Å². The fourth-order valence-electron chi connectivity index (χ4n) is 9.76. The van der Waals surface area contributed by atoms with Gasteiger partial charge in [0, 0.05) is 72.4 Å². The zero-order valence-corrected chi connectivity index (χ0v) is 35.9. The zero-order chi connectivity index (χ0) is 42.0. The average Bonchev–Trinajstić information content (AvgIpc) is 3.58. The van der Waals surface area contributed by atoms with Gasteiger partial charge in [-0.2, -0.15) is 0 Å². The fourth-order valence-corrected chi connectivity index (χ4v) is 12.3. The molecule has 2 saturated heterocycles. The Kier molecular flexibility index (Phi) is 11.0. The van der Waals surface area contributed by atoms with Crippen molar-refractivity contribution in [1.29, 1.82) is 0 Å². The average molecular weight is 881 g/mol. The number of nitrogens with one attached hydrogen (secondary N) is 2. The van der Waals surface area contributed by atoms with Crippen molar-refractivity contribution in [2.75, 3.05) is 44.4 Å².